The van der Waals surface area contributed by atoms with Crippen molar-refractivity contribution in [1.29, 1.82) is 0 Å². The Balaban J connectivity index is 2.06. The Labute approximate surface area is 122 Å². The van der Waals surface area contributed by atoms with Gasteiger partial charge in [-0.2, -0.15) is 0 Å². The highest BCUT2D eigenvalue weighted by Gasteiger charge is 2.17. The fourth-order valence-corrected chi connectivity index (χ4v) is 2.82. The van der Waals surface area contributed by atoms with Crippen LogP contribution in [-0.4, -0.2) is 43.7 Å². The van der Waals surface area contributed by atoms with Gasteiger partial charge in [-0.25, -0.2) is 4.79 Å². The van der Waals surface area contributed by atoms with E-state index >= 15 is 0 Å². The molecule has 1 aromatic rings. The van der Waals surface area contributed by atoms with Gasteiger partial charge in [0.2, 0.25) is 0 Å². The van der Waals surface area contributed by atoms with E-state index in [1.165, 1.54) is 12.7 Å². The predicted octanol–water partition coefficient (Wildman–Crippen LogP) is 2.03. The van der Waals surface area contributed by atoms with Gasteiger partial charge in [-0.15, -0.1) is 0 Å². The Bertz CT molecular complexity index is 465. The summed E-state index contributed by atoms with van der Waals surface area (Å²) in [5.74, 6) is -0.303. The molecule has 1 aromatic carbocycles. The van der Waals surface area contributed by atoms with Crippen LogP contribution in [0.1, 0.15) is 22.8 Å². The lowest BCUT2D eigenvalue weighted by Crippen LogP contribution is -2.48. The Hall–Kier alpha value is -0.910. The largest absolute Gasteiger partial charge is 0.465 e. The highest BCUT2D eigenvalue weighted by molar-refractivity contribution is 9.10. The van der Waals surface area contributed by atoms with Crippen molar-refractivity contribution in [2.75, 3.05) is 26.7 Å². The first-order chi connectivity index (χ1) is 9.10. The molecule has 0 unspecified atom stereocenters. The number of piperazine rings is 1. The van der Waals surface area contributed by atoms with Crippen LogP contribution in [-0.2, 0) is 11.3 Å². The molecule has 0 amide bonds. The third-order valence-corrected chi connectivity index (χ3v) is 4.06. The normalized spacial score (nSPS) is 20.3. The molecule has 2 rings (SSSR count). The number of nitrogens with one attached hydrogen (secondary N) is 1. The fraction of sp³-hybridized carbons (Fsp3) is 0.500. The van der Waals surface area contributed by atoms with Crippen LogP contribution in [0.25, 0.3) is 0 Å². The molecule has 5 heteroatoms. The van der Waals surface area contributed by atoms with Gasteiger partial charge in [0.05, 0.1) is 12.7 Å². The molecule has 0 aromatic heterocycles. The predicted molar refractivity (Wildman–Crippen MR) is 78.2 cm³/mol. The van der Waals surface area contributed by atoms with Crippen molar-refractivity contribution in [2.45, 2.75) is 19.5 Å². The minimum absolute atomic E-state index is 0.303. The molecule has 1 fully saturated rings. The van der Waals surface area contributed by atoms with Crippen LogP contribution in [0.5, 0.6) is 0 Å². The van der Waals surface area contributed by atoms with Crippen molar-refractivity contribution in [3.05, 3.63) is 33.8 Å². The van der Waals surface area contributed by atoms with Crippen LogP contribution in [0, 0.1) is 0 Å². The molecule has 19 heavy (non-hydrogen) atoms. The van der Waals surface area contributed by atoms with Gasteiger partial charge in [0.1, 0.15) is 0 Å². The number of nitrogens with zero attached hydrogens (tertiary/aromatic N) is 1. The maximum absolute atomic E-state index is 11.4. The number of esters is 1. The summed E-state index contributed by atoms with van der Waals surface area (Å²) in [4.78, 5) is 13.9. The van der Waals surface area contributed by atoms with Gasteiger partial charge < -0.3 is 10.1 Å². The van der Waals surface area contributed by atoms with Crippen LogP contribution in [0.2, 0.25) is 0 Å². The monoisotopic (exact) mass is 326 g/mol. The molecule has 0 saturated carbocycles. The van der Waals surface area contributed by atoms with Gasteiger partial charge >= 0.3 is 5.97 Å². The van der Waals surface area contributed by atoms with Crippen molar-refractivity contribution in [1.82, 2.24) is 10.2 Å². The minimum atomic E-state index is -0.303. The number of hydrogen-bond acceptors (Lipinski definition) is 4. The van der Waals surface area contributed by atoms with Crippen molar-refractivity contribution < 1.29 is 9.53 Å². The molecule has 1 atom stereocenters. The van der Waals surface area contributed by atoms with Gasteiger partial charge in [-0.05, 0) is 24.6 Å². The Morgan fingerprint density at radius 1 is 1.58 bits per heavy atom. The van der Waals surface area contributed by atoms with E-state index in [2.05, 4.69) is 33.1 Å². The van der Waals surface area contributed by atoms with Crippen molar-refractivity contribution >= 4 is 21.9 Å². The molecule has 1 N–H and O–H groups in total. The summed E-state index contributed by atoms with van der Waals surface area (Å²) in [5.41, 5.74) is 1.77. The topological polar surface area (TPSA) is 41.6 Å². The first kappa shape index (κ1) is 14.5. The van der Waals surface area contributed by atoms with Crippen molar-refractivity contribution in [2.24, 2.45) is 0 Å². The lowest BCUT2D eigenvalue weighted by atomic mass is 10.1. The van der Waals surface area contributed by atoms with E-state index in [1.54, 1.807) is 0 Å². The standard InChI is InChI=1S/C14H19BrN2O2/c1-10-8-17(6-5-16-10)9-12-4-3-11(7-13(12)15)14(18)19-2/h3-4,7,10,16H,5-6,8-9H2,1-2H3/t10-/m1/s1. The Morgan fingerprint density at radius 2 is 2.37 bits per heavy atom. The summed E-state index contributed by atoms with van der Waals surface area (Å²) in [6.45, 7) is 6.22. The number of rotatable bonds is 3. The average molecular weight is 327 g/mol. The molecule has 1 saturated heterocycles. The van der Waals surface area contributed by atoms with Crippen LogP contribution in [0.15, 0.2) is 22.7 Å². The van der Waals surface area contributed by atoms with E-state index in [4.69, 9.17) is 4.74 Å². The van der Waals surface area contributed by atoms with Gasteiger partial charge in [-0.1, -0.05) is 22.0 Å². The SMILES string of the molecule is COC(=O)c1ccc(CN2CCN[C@H](C)C2)c(Br)c1. The maximum Gasteiger partial charge on any atom is 0.337 e. The Morgan fingerprint density at radius 3 is 3.00 bits per heavy atom. The molecular weight excluding hydrogens is 308 g/mol. The molecule has 0 spiro atoms. The first-order valence-corrected chi connectivity index (χ1v) is 7.22. The highest BCUT2D eigenvalue weighted by atomic mass is 79.9. The smallest absolute Gasteiger partial charge is 0.337 e. The molecule has 0 bridgehead atoms. The molecule has 1 aliphatic rings. The molecule has 104 valence electrons. The van der Waals surface area contributed by atoms with E-state index in [-0.39, 0.29) is 5.97 Å². The second-order valence-corrected chi connectivity index (χ2v) is 5.74. The number of carbonyl (C=O) groups excluding carboxylic acids is 1. The summed E-state index contributed by atoms with van der Waals surface area (Å²) < 4.78 is 5.68. The average Bonchev–Trinajstić information content (AvgIpc) is 2.40. The number of ether oxygens (including phenoxy) is 1. The summed E-state index contributed by atoms with van der Waals surface area (Å²) in [7, 11) is 1.40. The number of methoxy groups -OCH3 is 1. The molecule has 1 aliphatic heterocycles. The minimum Gasteiger partial charge on any atom is -0.465 e. The zero-order valence-corrected chi connectivity index (χ0v) is 12.9. The van der Waals surface area contributed by atoms with E-state index in [0.717, 1.165) is 30.7 Å². The van der Waals surface area contributed by atoms with Crippen LogP contribution >= 0.6 is 15.9 Å². The highest BCUT2D eigenvalue weighted by Crippen LogP contribution is 2.21. The van der Waals surface area contributed by atoms with E-state index < -0.39 is 0 Å². The van der Waals surface area contributed by atoms with E-state index in [9.17, 15) is 4.79 Å². The van der Waals surface area contributed by atoms with Gasteiger partial charge in [-0.3, -0.25) is 4.90 Å². The third kappa shape index (κ3) is 3.78. The second kappa shape index (κ2) is 6.50. The van der Waals surface area contributed by atoms with Crippen LogP contribution in [0.4, 0.5) is 0 Å². The molecular formula is C14H19BrN2O2. The van der Waals surface area contributed by atoms with Crippen molar-refractivity contribution in [3.63, 3.8) is 0 Å². The van der Waals surface area contributed by atoms with Gasteiger partial charge in [0.15, 0.2) is 0 Å². The molecule has 4 nitrogen and oxygen atoms in total. The summed E-state index contributed by atoms with van der Waals surface area (Å²) in [6.07, 6.45) is 0. The lowest BCUT2D eigenvalue weighted by molar-refractivity contribution is 0.0600. The maximum atomic E-state index is 11.4. The fourth-order valence-electron chi connectivity index (χ4n) is 2.32. The first-order valence-electron chi connectivity index (χ1n) is 6.42. The number of halogens is 1. The quantitative estimate of drug-likeness (QED) is 0.863. The van der Waals surface area contributed by atoms with Crippen LogP contribution in [0.3, 0.4) is 0 Å². The Kier molecular flexibility index (Phi) is 4.96. The van der Waals surface area contributed by atoms with Gasteiger partial charge in [0.25, 0.3) is 0 Å². The zero-order valence-electron chi connectivity index (χ0n) is 11.3. The number of hydrogen-bond donors (Lipinski definition) is 1. The molecule has 0 aliphatic carbocycles. The number of carbonyl (C=O) groups is 1. The van der Waals surface area contributed by atoms with E-state index in [1.807, 2.05) is 18.2 Å². The summed E-state index contributed by atoms with van der Waals surface area (Å²) >= 11 is 3.54. The lowest BCUT2D eigenvalue weighted by Gasteiger charge is -2.32. The second-order valence-electron chi connectivity index (χ2n) is 4.89. The van der Waals surface area contributed by atoms with E-state index in [0.29, 0.717) is 11.6 Å². The molecule has 0 radical (unpaired) electrons. The van der Waals surface area contributed by atoms with Gasteiger partial charge in [0, 0.05) is 36.7 Å². The summed E-state index contributed by atoms with van der Waals surface area (Å²) in [5, 5.41) is 3.43. The third-order valence-electron chi connectivity index (χ3n) is 3.32. The van der Waals surface area contributed by atoms with Crippen molar-refractivity contribution in [3.8, 4) is 0 Å². The summed E-state index contributed by atoms with van der Waals surface area (Å²) in [6, 6.07) is 6.16. The number of benzene rings is 1. The zero-order chi connectivity index (χ0) is 13.8. The van der Waals surface area contributed by atoms with Crippen LogP contribution < -0.4 is 5.32 Å². The molecule has 1 heterocycles.